The summed E-state index contributed by atoms with van der Waals surface area (Å²) in [5, 5.41) is 8.95. The van der Waals surface area contributed by atoms with Crippen LogP contribution in [0.25, 0.3) is 0 Å². The zero-order chi connectivity index (χ0) is 19.4. The lowest BCUT2D eigenvalue weighted by atomic mass is 9.97. The highest BCUT2D eigenvalue weighted by molar-refractivity contribution is 5.98. The number of carbonyl (C=O) groups is 2. The van der Waals surface area contributed by atoms with Crippen molar-refractivity contribution in [3.05, 3.63) is 48.0 Å². The third kappa shape index (κ3) is 4.39. The Kier molecular flexibility index (Phi) is 5.64. The van der Waals surface area contributed by atoms with Gasteiger partial charge in [-0.25, -0.2) is 0 Å². The molecule has 3 rings (SSSR count). The van der Waals surface area contributed by atoms with E-state index in [1.807, 2.05) is 30.3 Å². The molecule has 142 valence electrons. The molecule has 1 aliphatic heterocycles. The van der Waals surface area contributed by atoms with E-state index in [9.17, 15) is 9.59 Å². The van der Waals surface area contributed by atoms with Crippen LogP contribution >= 0.6 is 0 Å². The molecule has 1 aliphatic rings. The minimum Gasteiger partial charge on any atom is -0.482 e. The minimum absolute atomic E-state index is 0.0220. The van der Waals surface area contributed by atoms with Crippen molar-refractivity contribution in [1.82, 2.24) is 0 Å². The van der Waals surface area contributed by atoms with E-state index in [2.05, 4.69) is 29.8 Å². The maximum atomic E-state index is 12.7. The van der Waals surface area contributed by atoms with Crippen molar-refractivity contribution in [2.75, 3.05) is 22.6 Å². The summed E-state index contributed by atoms with van der Waals surface area (Å²) in [4.78, 5) is 24.1. The molecule has 0 unspecified atom stereocenters. The van der Waals surface area contributed by atoms with Gasteiger partial charge in [0.05, 0.1) is 5.69 Å². The number of anilines is 3. The second-order valence-electron chi connectivity index (χ2n) is 6.80. The number of ether oxygens (including phenoxy) is 1. The number of hydrogen-bond acceptors (Lipinski definition) is 4. The first-order chi connectivity index (χ1) is 13.0. The molecule has 1 heterocycles. The van der Waals surface area contributed by atoms with Gasteiger partial charge in [-0.15, -0.1) is 0 Å². The molecule has 0 saturated heterocycles. The zero-order valence-corrected chi connectivity index (χ0v) is 15.8. The number of benzene rings is 2. The predicted molar refractivity (Wildman–Crippen MR) is 107 cm³/mol. The first-order valence-electron chi connectivity index (χ1n) is 9.21. The lowest BCUT2D eigenvalue weighted by Crippen LogP contribution is -2.32. The fourth-order valence-corrected chi connectivity index (χ4v) is 2.99. The smallest absolute Gasteiger partial charge is 0.262 e. The molecular weight excluding hydrogens is 342 g/mol. The SMILES string of the molecule is CC[C@H](C)c1ccccc1NC(=O)[C@H](C)Nc1ccc2c(c1)NC(=O)CO2. The summed E-state index contributed by atoms with van der Waals surface area (Å²) < 4.78 is 5.35. The number of carbonyl (C=O) groups excluding carboxylic acids is 2. The maximum Gasteiger partial charge on any atom is 0.262 e. The Morgan fingerprint density at radius 1 is 1.22 bits per heavy atom. The molecule has 2 aromatic carbocycles. The van der Waals surface area contributed by atoms with Crippen LogP contribution in [0.2, 0.25) is 0 Å². The molecule has 27 heavy (non-hydrogen) atoms. The third-order valence-corrected chi connectivity index (χ3v) is 4.75. The molecule has 0 bridgehead atoms. The standard InChI is InChI=1S/C21H25N3O3/c1-4-13(2)16-7-5-6-8-17(16)24-21(26)14(3)22-15-9-10-19-18(11-15)23-20(25)12-27-19/h5-11,13-14,22H,4,12H2,1-3H3,(H,23,25)(H,24,26)/t13-,14-/m0/s1. The van der Waals surface area contributed by atoms with Gasteiger partial charge in [-0.05, 0) is 49.1 Å². The van der Waals surface area contributed by atoms with Crippen molar-refractivity contribution < 1.29 is 14.3 Å². The Balaban J connectivity index is 1.68. The summed E-state index contributed by atoms with van der Waals surface area (Å²) in [6, 6.07) is 12.8. The number of nitrogens with one attached hydrogen (secondary N) is 3. The second kappa shape index (κ2) is 8.12. The first kappa shape index (κ1) is 18.8. The van der Waals surface area contributed by atoms with Gasteiger partial charge in [0.2, 0.25) is 5.91 Å². The normalized spacial score (nSPS) is 15.0. The summed E-state index contributed by atoms with van der Waals surface area (Å²) in [7, 11) is 0. The van der Waals surface area contributed by atoms with E-state index >= 15 is 0 Å². The van der Waals surface area contributed by atoms with Gasteiger partial charge in [0.25, 0.3) is 5.91 Å². The van der Waals surface area contributed by atoms with Crippen molar-refractivity contribution in [2.45, 2.75) is 39.2 Å². The van der Waals surface area contributed by atoms with E-state index in [1.54, 1.807) is 19.1 Å². The van der Waals surface area contributed by atoms with Crippen LogP contribution in [0.5, 0.6) is 5.75 Å². The van der Waals surface area contributed by atoms with E-state index in [0.29, 0.717) is 17.4 Å². The molecule has 2 amide bonds. The molecule has 0 spiro atoms. The Hall–Kier alpha value is -3.02. The van der Waals surface area contributed by atoms with Crippen LogP contribution in [-0.4, -0.2) is 24.5 Å². The molecule has 0 fully saturated rings. The second-order valence-corrected chi connectivity index (χ2v) is 6.80. The summed E-state index contributed by atoms with van der Waals surface area (Å²) >= 11 is 0. The van der Waals surface area contributed by atoms with Crippen LogP contribution in [0.3, 0.4) is 0 Å². The predicted octanol–water partition coefficient (Wildman–Crippen LogP) is 3.97. The number of fused-ring (bicyclic) bond motifs is 1. The third-order valence-electron chi connectivity index (χ3n) is 4.75. The molecule has 0 aliphatic carbocycles. The number of rotatable bonds is 6. The Bertz CT molecular complexity index is 850. The van der Waals surface area contributed by atoms with E-state index in [0.717, 1.165) is 23.4 Å². The van der Waals surface area contributed by atoms with Gasteiger partial charge in [-0.2, -0.15) is 0 Å². The van der Waals surface area contributed by atoms with Crippen LogP contribution in [0.4, 0.5) is 17.1 Å². The number of hydrogen-bond donors (Lipinski definition) is 3. The van der Waals surface area contributed by atoms with Gasteiger partial charge in [0.15, 0.2) is 6.61 Å². The van der Waals surface area contributed by atoms with Gasteiger partial charge in [0, 0.05) is 11.4 Å². The lowest BCUT2D eigenvalue weighted by molar-refractivity contribution is -0.118. The summed E-state index contributed by atoms with van der Waals surface area (Å²) in [6.07, 6.45) is 1.00. The fraction of sp³-hybridized carbons (Fsp3) is 0.333. The van der Waals surface area contributed by atoms with Gasteiger partial charge in [-0.1, -0.05) is 32.0 Å². The molecule has 2 atom stereocenters. The van der Waals surface area contributed by atoms with Gasteiger partial charge >= 0.3 is 0 Å². The highest BCUT2D eigenvalue weighted by atomic mass is 16.5. The van der Waals surface area contributed by atoms with Crippen LogP contribution in [0.1, 0.15) is 38.7 Å². The first-order valence-corrected chi connectivity index (χ1v) is 9.21. The van der Waals surface area contributed by atoms with Crippen LogP contribution < -0.4 is 20.7 Å². The maximum absolute atomic E-state index is 12.7. The average Bonchev–Trinajstić information content (AvgIpc) is 2.67. The molecule has 0 radical (unpaired) electrons. The number of amides is 2. The zero-order valence-electron chi connectivity index (χ0n) is 15.8. The Labute approximate surface area is 159 Å². The van der Waals surface area contributed by atoms with E-state index in [-0.39, 0.29) is 18.4 Å². The highest BCUT2D eigenvalue weighted by Gasteiger charge is 2.19. The molecular formula is C21H25N3O3. The topological polar surface area (TPSA) is 79.5 Å². The van der Waals surface area contributed by atoms with Crippen molar-refractivity contribution in [2.24, 2.45) is 0 Å². The van der Waals surface area contributed by atoms with Crippen molar-refractivity contribution >= 4 is 28.9 Å². The largest absolute Gasteiger partial charge is 0.482 e. The molecule has 2 aromatic rings. The lowest BCUT2D eigenvalue weighted by Gasteiger charge is -2.21. The minimum atomic E-state index is -0.451. The van der Waals surface area contributed by atoms with Gasteiger partial charge in [-0.3, -0.25) is 9.59 Å². The molecule has 6 heteroatoms. The highest BCUT2D eigenvalue weighted by Crippen LogP contribution is 2.31. The monoisotopic (exact) mass is 367 g/mol. The van der Waals surface area contributed by atoms with Crippen LogP contribution in [0, 0.1) is 0 Å². The van der Waals surface area contributed by atoms with Crippen molar-refractivity contribution in [1.29, 1.82) is 0 Å². The number of para-hydroxylation sites is 1. The molecule has 0 saturated carbocycles. The van der Waals surface area contributed by atoms with Gasteiger partial charge < -0.3 is 20.7 Å². The summed E-state index contributed by atoms with van der Waals surface area (Å²) in [6.45, 7) is 6.10. The fourth-order valence-electron chi connectivity index (χ4n) is 2.99. The molecule has 3 N–H and O–H groups in total. The van der Waals surface area contributed by atoms with E-state index in [1.165, 1.54) is 0 Å². The van der Waals surface area contributed by atoms with E-state index in [4.69, 9.17) is 4.74 Å². The van der Waals surface area contributed by atoms with Gasteiger partial charge in [0.1, 0.15) is 11.8 Å². The molecule has 6 nitrogen and oxygen atoms in total. The van der Waals surface area contributed by atoms with Crippen LogP contribution in [-0.2, 0) is 9.59 Å². The van der Waals surface area contributed by atoms with Crippen molar-refractivity contribution in [3.8, 4) is 5.75 Å². The average molecular weight is 367 g/mol. The summed E-state index contributed by atoms with van der Waals surface area (Å²) in [5.41, 5.74) is 3.31. The van der Waals surface area contributed by atoms with Crippen molar-refractivity contribution in [3.63, 3.8) is 0 Å². The Morgan fingerprint density at radius 3 is 2.78 bits per heavy atom. The quantitative estimate of drug-likeness (QED) is 0.722. The Morgan fingerprint density at radius 2 is 2.00 bits per heavy atom. The van der Waals surface area contributed by atoms with Crippen LogP contribution in [0.15, 0.2) is 42.5 Å². The summed E-state index contributed by atoms with van der Waals surface area (Å²) in [5.74, 6) is 0.685. The van der Waals surface area contributed by atoms with E-state index < -0.39 is 6.04 Å². The molecule has 0 aromatic heterocycles.